The minimum absolute atomic E-state index is 0.00886. The number of piperazine rings is 1. The van der Waals surface area contributed by atoms with Crippen LogP contribution in [0, 0.1) is 5.82 Å². The molecule has 1 unspecified atom stereocenters. The summed E-state index contributed by atoms with van der Waals surface area (Å²) in [5, 5.41) is -0.142. The number of carbonyl (C=O) groups is 2. The van der Waals surface area contributed by atoms with Crippen LogP contribution < -0.4 is 14.4 Å². The molecule has 3 aromatic rings. The third kappa shape index (κ3) is 6.34. The van der Waals surface area contributed by atoms with Crippen LogP contribution in [0.5, 0.6) is 11.5 Å². The number of anilines is 1. The number of para-hydroxylation sites is 2. The number of methoxy groups -OCH3 is 1. The summed E-state index contributed by atoms with van der Waals surface area (Å²) < 4.78 is 67.2. The van der Waals surface area contributed by atoms with E-state index in [4.69, 9.17) is 21.1 Å². The summed E-state index contributed by atoms with van der Waals surface area (Å²) >= 11 is 5.84. The van der Waals surface area contributed by atoms with Crippen molar-refractivity contribution in [3.63, 3.8) is 0 Å². The van der Waals surface area contributed by atoms with Gasteiger partial charge in [0, 0.05) is 51.2 Å². The van der Waals surface area contributed by atoms with E-state index in [1.54, 1.807) is 12.0 Å². The Balaban J connectivity index is 1.43. The Kier molecular flexibility index (Phi) is 8.68. The van der Waals surface area contributed by atoms with Gasteiger partial charge in [0.15, 0.2) is 0 Å². The van der Waals surface area contributed by atoms with E-state index in [-0.39, 0.29) is 36.7 Å². The lowest BCUT2D eigenvalue weighted by Crippen LogP contribution is -2.64. The molecule has 5 rings (SSSR count). The summed E-state index contributed by atoms with van der Waals surface area (Å²) in [4.78, 5) is 36.3. The Hall–Kier alpha value is -4.06. The zero-order chi connectivity index (χ0) is 30.8. The first-order chi connectivity index (χ1) is 20.5. The molecule has 0 N–H and O–H groups in total. The molecular weight excluding hydrogens is 592 g/mol. The smallest absolute Gasteiger partial charge is 0.417 e. The number of nitrogens with zero attached hydrogens (tertiary/aromatic N) is 4. The number of piperidine rings is 1. The highest BCUT2D eigenvalue weighted by Gasteiger charge is 2.49. The molecule has 43 heavy (non-hydrogen) atoms. The van der Waals surface area contributed by atoms with Gasteiger partial charge >= 0.3 is 6.18 Å². The zero-order valence-electron chi connectivity index (χ0n) is 23.2. The van der Waals surface area contributed by atoms with Crippen molar-refractivity contribution in [3.05, 3.63) is 82.9 Å². The summed E-state index contributed by atoms with van der Waals surface area (Å²) in [7, 11) is 1.58. The molecule has 0 aliphatic carbocycles. The van der Waals surface area contributed by atoms with E-state index < -0.39 is 40.5 Å². The summed E-state index contributed by atoms with van der Waals surface area (Å²) in [6.07, 6.45) is -2.53. The molecule has 3 heterocycles. The average molecular weight is 621 g/mol. The number of pyridine rings is 1. The second kappa shape index (κ2) is 12.3. The lowest BCUT2D eigenvalue weighted by Gasteiger charge is -2.45. The van der Waals surface area contributed by atoms with Crippen LogP contribution in [0.3, 0.4) is 0 Å². The van der Waals surface area contributed by atoms with Crippen molar-refractivity contribution in [2.24, 2.45) is 0 Å². The van der Waals surface area contributed by atoms with Crippen molar-refractivity contribution in [2.45, 2.75) is 24.6 Å². The van der Waals surface area contributed by atoms with Crippen LogP contribution in [-0.2, 0) is 11.0 Å². The molecule has 2 fully saturated rings. The highest BCUT2D eigenvalue weighted by Crippen LogP contribution is 2.36. The van der Waals surface area contributed by atoms with E-state index in [0.717, 1.165) is 30.2 Å². The maximum atomic E-state index is 14.4. The monoisotopic (exact) mass is 620 g/mol. The van der Waals surface area contributed by atoms with Crippen molar-refractivity contribution in [1.82, 2.24) is 14.8 Å². The van der Waals surface area contributed by atoms with E-state index >= 15 is 0 Å². The summed E-state index contributed by atoms with van der Waals surface area (Å²) in [6, 6.07) is 12.0. The van der Waals surface area contributed by atoms with E-state index in [9.17, 15) is 27.2 Å². The molecule has 0 spiro atoms. The first-order valence-electron chi connectivity index (χ1n) is 13.6. The van der Waals surface area contributed by atoms with Gasteiger partial charge in [-0.1, -0.05) is 23.7 Å². The lowest BCUT2D eigenvalue weighted by molar-refractivity contribution is -0.153. The number of ether oxygens (including phenoxy) is 2. The highest BCUT2D eigenvalue weighted by atomic mass is 35.5. The van der Waals surface area contributed by atoms with Crippen molar-refractivity contribution >= 4 is 29.1 Å². The van der Waals surface area contributed by atoms with Gasteiger partial charge in [0.05, 0.1) is 35.5 Å². The number of likely N-dealkylation sites (tertiary alicyclic amines) is 1. The number of hydrogen-bond donors (Lipinski definition) is 0. The number of rotatable bonds is 6. The van der Waals surface area contributed by atoms with Gasteiger partial charge in [0.1, 0.15) is 17.3 Å². The molecule has 8 nitrogen and oxygen atoms in total. The highest BCUT2D eigenvalue weighted by molar-refractivity contribution is 6.30. The van der Waals surface area contributed by atoms with Crippen LogP contribution in [0.25, 0.3) is 0 Å². The predicted octanol–water partition coefficient (Wildman–Crippen LogP) is 5.30. The number of alkyl halides is 3. The first kappa shape index (κ1) is 30.4. The molecule has 2 amide bonds. The number of hydrogen-bond acceptors (Lipinski definition) is 6. The fraction of sp³-hybridized carbons (Fsp3) is 0.367. The zero-order valence-corrected chi connectivity index (χ0v) is 24.0. The fourth-order valence-corrected chi connectivity index (χ4v) is 5.69. The Labute approximate surface area is 250 Å². The molecule has 2 aromatic carbocycles. The largest absolute Gasteiger partial charge is 0.495 e. The maximum absolute atomic E-state index is 14.4. The molecule has 0 saturated carbocycles. The second-order valence-electron chi connectivity index (χ2n) is 10.4. The molecular formula is C30H29ClF4N4O4. The van der Waals surface area contributed by atoms with Crippen molar-refractivity contribution in [3.8, 4) is 11.5 Å². The number of carbonyl (C=O) groups excluding carboxylic acids is 2. The Bertz CT molecular complexity index is 1500. The Morgan fingerprint density at radius 1 is 1.00 bits per heavy atom. The van der Waals surface area contributed by atoms with Crippen LogP contribution >= 0.6 is 11.6 Å². The standard InChI is InChI=1S/C30H29ClF4N4O4/c1-42-26-6-3-2-5-25(26)37-13-15-38(16-14-37)28(41)29(43-20-7-8-23(31)24(32)17-20)10-4-12-39(19-29)27(40)21-18-36-11-9-22(21)30(33,34)35/h2-3,5-9,11,17-18H,4,10,12-16,19H2,1H3. The van der Waals surface area contributed by atoms with Crippen molar-refractivity contribution in [1.29, 1.82) is 0 Å². The van der Waals surface area contributed by atoms with Crippen molar-refractivity contribution < 1.29 is 36.6 Å². The molecule has 0 bridgehead atoms. The van der Waals surface area contributed by atoms with Crippen LogP contribution in [0.2, 0.25) is 5.02 Å². The predicted molar refractivity (Wildman–Crippen MR) is 151 cm³/mol. The maximum Gasteiger partial charge on any atom is 0.417 e. The third-order valence-corrected chi connectivity index (χ3v) is 7.99. The summed E-state index contributed by atoms with van der Waals surface area (Å²) in [5.41, 5.74) is -2.54. The minimum atomic E-state index is -4.78. The molecule has 2 aliphatic rings. The molecule has 1 atom stereocenters. The average Bonchev–Trinajstić information content (AvgIpc) is 3.02. The molecule has 13 heteroatoms. The topological polar surface area (TPSA) is 75.2 Å². The Morgan fingerprint density at radius 3 is 2.44 bits per heavy atom. The number of benzene rings is 2. The van der Waals surface area contributed by atoms with Gasteiger partial charge in [-0.3, -0.25) is 14.6 Å². The summed E-state index contributed by atoms with van der Waals surface area (Å²) in [5.74, 6) is -1.43. The van der Waals surface area contributed by atoms with Gasteiger partial charge in [-0.2, -0.15) is 13.2 Å². The number of halogens is 5. The molecule has 1 aromatic heterocycles. The van der Waals surface area contributed by atoms with Crippen LogP contribution in [0.4, 0.5) is 23.2 Å². The van der Waals surface area contributed by atoms with Gasteiger partial charge in [-0.05, 0) is 43.2 Å². The van der Waals surface area contributed by atoms with E-state index in [0.29, 0.717) is 31.9 Å². The van der Waals surface area contributed by atoms with Gasteiger partial charge in [-0.25, -0.2) is 4.39 Å². The number of aromatic nitrogens is 1. The van der Waals surface area contributed by atoms with E-state index in [1.165, 1.54) is 17.0 Å². The van der Waals surface area contributed by atoms with Crippen molar-refractivity contribution in [2.75, 3.05) is 51.3 Å². The second-order valence-corrected chi connectivity index (χ2v) is 10.8. The van der Waals surface area contributed by atoms with Gasteiger partial charge < -0.3 is 24.2 Å². The third-order valence-electron chi connectivity index (χ3n) is 7.69. The van der Waals surface area contributed by atoms with E-state index in [2.05, 4.69) is 9.88 Å². The molecule has 2 saturated heterocycles. The van der Waals surface area contributed by atoms with Crippen LogP contribution in [0.1, 0.15) is 28.8 Å². The fourth-order valence-electron chi connectivity index (χ4n) is 5.57. The minimum Gasteiger partial charge on any atom is -0.495 e. The molecule has 2 aliphatic heterocycles. The Morgan fingerprint density at radius 2 is 1.74 bits per heavy atom. The molecule has 0 radical (unpaired) electrons. The number of amides is 2. The summed E-state index contributed by atoms with van der Waals surface area (Å²) in [6.45, 7) is 1.33. The first-order valence-corrected chi connectivity index (χ1v) is 14.0. The van der Waals surface area contributed by atoms with Gasteiger partial charge in [0.25, 0.3) is 11.8 Å². The van der Waals surface area contributed by atoms with Crippen LogP contribution in [-0.4, -0.2) is 78.6 Å². The van der Waals surface area contributed by atoms with Gasteiger partial charge in [-0.15, -0.1) is 0 Å². The van der Waals surface area contributed by atoms with Gasteiger partial charge in [0.2, 0.25) is 5.60 Å². The van der Waals surface area contributed by atoms with E-state index in [1.807, 2.05) is 24.3 Å². The van der Waals surface area contributed by atoms with Crippen LogP contribution in [0.15, 0.2) is 60.9 Å². The lowest BCUT2D eigenvalue weighted by atomic mass is 9.89. The SMILES string of the molecule is COc1ccccc1N1CCN(C(=O)C2(Oc3ccc(Cl)c(F)c3)CCCN(C(=O)c3cnccc3C(F)(F)F)C2)CC1. The quantitative estimate of drug-likeness (QED) is 0.348. The normalized spacial score (nSPS) is 19.3. The molecule has 228 valence electrons.